The van der Waals surface area contributed by atoms with Crippen LogP contribution in [0.25, 0.3) is 0 Å². The molecule has 1 atom stereocenters. The van der Waals surface area contributed by atoms with E-state index < -0.39 is 12.1 Å². The summed E-state index contributed by atoms with van der Waals surface area (Å²) in [4.78, 5) is 23.2. The molecule has 0 fully saturated rings. The van der Waals surface area contributed by atoms with Gasteiger partial charge in [0.25, 0.3) is 0 Å². The monoisotopic (exact) mass is 404 g/mol. The smallest absolute Gasteiger partial charge is 0.303 e. The second-order valence-corrected chi connectivity index (χ2v) is 6.94. The molecular weight excluding hydrogens is 380 g/mol. The number of aliphatic carboxylic acids is 1. The average Bonchev–Trinajstić information content (AvgIpc) is 2.76. The number of ether oxygens (including phenoxy) is 2. The Morgan fingerprint density at radius 1 is 0.933 bits per heavy atom. The van der Waals surface area contributed by atoms with Crippen LogP contribution in [0.15, 0.2) is 78.9 Å². The standard InChI is InChI=1S/C25H24O5/c1-18(26)22-13-12-21(29-17-19-8-4-2-5-9-19)16-24(22)30-23(14-15-25(27)28)20-10-6-3-7-11-20/h2-13,16,23H,14-15,17H2,1H3,(H,27,28). The number of benzene rings is 3. The number of hydrogen-bond acceptors (Lipinski definition) is 4. The number of rotatable bonds is 10. The maximum atomic E-state index is 12.1. The van der Waals surface area contributed by atoms with E-state index in [2.05, 4.69) is 0 Å². The van der Waals surface area contributed by atoms with Gasteiger partial charge in [0.1, 0.15) is 24.2 Å². The molecule has 30 heavy (non-hydrogen) atoms. The zero-order valence-electron chi connectivity index (χ0n) is 16.8. The highest BCUT2D eigenvalue weighted by molar-refractivity contribution is 5.97. The van der Waals surface area contributed by atoms with Crippen molar-refractivity contribution in [2.45, 2.75) is 32.5 Å². The number of hydrogen-bond donors (Lipinski definition) is 1. The Labute approximate surface area is 175 Å². The van der Waals surface area contributed by atoms with Gasteiger partial charge in [-0.25, -0.2) is 0 Å². The molecule has 0 heterocycles. The van der Waals surface area contributed by atoms with Crippen LogP contribution in [-0.2, 0) is 11.4 Å². The molecule has 0 aromatic heterocycles. The molecule has 0 saturated heterocycles. The highest BCUT2D eigenvalue weighted by Gasteiger charge is 2.19. The van der Waals surface area contributed by atoms with E-state index in [1.165, 1.54) is 6.92 Å². The largest absolute Gasteiger partial charge is 0.489 e. The third kappa shape index (κ3) is 5.95. The first-order chi connectivity index (χ1) is 14.5. The van der Waals surface area contributed by atoms with Crippen LogP contribution in [0.3, 0.4) is 0 Å². The van der Waals surface area contributed by atoms with E-state index in [9.17, 15) is 9.59 Å². The predicted octanol–water partition coefficient (Wildman–Crippen LogP) is 5.45. The number of ketones is 1. The Hall–Kier alpha value is -3.60. The van der Waals surface area contributed by atoms with Gasteiger partial charge in [-0.3, -0.25) is 9.59 Å². The molecule has 0 amide bonds. The minimum atomic E-state index is -0.897. The van der Waals surface area contributed by atoms with Crippen LogP contribution < -0.4 is 9.47 Å². The number of carbonyl (C=O) groups excluding carboxylic acids is 1. The van der Waals surface area contributed by atoms with Gasteiger partial charge in [-0.05, 0) is 36.6 Å². The van der Waals surface area contributed by atoms with Gasteiger partial charge >= 0.3 is 5.97 Å². The van der Waals surface area contributed by atoms with E-state index in [1.807, 2.05) is 60.7 Å². The van der Waals surface area contributed by atoms with E-state index in [-0.39, 0.29) is 18.6 Å². The lowest BCUT2D eigenvalue weighted by molar-refractivity contribution is -0.137. The summed E-state index contributed by atoms with van der Waals surface area (Å²) in [7, 11) is 0. The minimum Gasteiger partial charge on any atom is -0.489 e. The van der Waals surface area contributed by atoms with Gasteiger partial charge in [-0.15, -0.1) is 0 Å². The van der Waals surface area contributed by atoms with Gasteiger partial charge in [0.15, 0.2) is 5.78 Å². The van der Waals surface area contributed by atoms with Crippen LogP contribution >= 0.6 is 0 Å². The van der Waals surface area contributed by atoms with Crippen LogP contribution in [0.4, 0.5) is 0 Å². The SMILES string of the molecule is CC(=O)c1ccc(OCc2ccccc2)cc1OC(CCC(=O)O)c1ccccc1. The Bertz CT molecular complexity index is 983. The molecule has 5 heteroatoms. The number of Topliss-reactive ketones (excluding diaryl/α,β-unsaturated/α-hetero) is 1. The maximum Gasteiger partial charge on any atom is 0.303 e. The second kappa shape index (κ2) is 10.3. The van der Waals surface area contributed by atoms with Crippen molar-refractivity contribution in [1.82, 2.24) is 0 Å². The summed E-state index contributed by atoms with van der Waals surface area (Å²) in [6, 6.07) is 24.3. The third-order valence-electron chi connectivity index (χ3n) is 4.64. The van der Waals surface area contributed by atoms with Gasteiger partial charge in [-0.1, -0.05) is 60.7 Å². The average molecular weight is 404 g/mol. The highest BCUT2D eigenvalue weighted by Crippen LogP contribution is 2.32. The molecule has 0 radical (unpaired) electrons. The summed E-state index contributed by atoms with van der Waals surface area (Å²) in [5, 5.41) is 9.11. The number of carboxylic acid groups (broad SMARTS) is 1. The first-order valence-corrected chi connectivity index (χ1v) is 9.78. The topological polar surface area (TPSA) is 72.8 Å². The van der Waals surface area contributed by atoms with Crippen LogP contribution in [0.2, 0.25) is 0 Å². The van der Waals surface area contributed by atoms with E-state index in [4.69, 9.17) is 14.6 Å². The Balaban J connectivity index is 1.84. The Morgan fingerprint density at radius 3 is 2.23 bits per heavy atom. The molecular formula is C25H24O5. The van der Waals surface area contributed by atoms with Gasteiger partial charge in [0.05, 0.1) is 5.56 Å². The van der Waals surface area contributed by atoms with Crippen molar-refractivity contribution in [3.05, 3.63) is 95.6 Å². The minimum absolute atomic E-state index is 0.0425. The summed E-state index contributed by atoms with van der Waals surface area (Å²) in [6.45, 7) is 1.86. The van der Waals surface area contributed by atoms with E-state index in [0.717, 1.165) is 11.1 Å². The highest BCUT2D eigenvalue weighted by atomic mass is 16.5. The van der Waals surface area contributed by atoms with Gasteiger partial charge in [0.2, 0.25) is 0 Å². The van der Waals surface area contributed by atoms with Crippen LogP contribution in [0, 0.1) is 0 Å². The lowest BCUT2D eigenvalue weighted by Crippen LogP contribution is -2.12. The van der Waals surface area contributed by atoms with Crippen molar-refractivity contribution in [3.63, 3.8) is 0 Å². The van der Waals surface area contributed by atoms with Crippen LogP contribution in [0.5, 0.6) is 11.5 Å². The normalized spacial score (nSPS) is 11.5. The molecule has 5 nitrogen and oxygen atoms in total. The van der Waals surface area contributed by atoms with Crippen molar-refractivity contribution < 1.29 is 24.2 Å². The Kier molecular flexibility index (Phi) is 7.22. The lowest BCUT2D eigenvalue weighted by Gasteiger charge is -2.21. The summed E-state index contributed by atoms with van der Waals surface area (Å²) < 4.78 is 12.0. The summed E-state index contributed by atoms with van der Waals surface area (Å²) in [6.07, 6.45) is -0.255. The molecule has 0 aliphatic rings. The maximum absolute atomic E-state index is 12.1. The molecule has 0 bridgehead atoms. The Morgan fingerprint density at radius 2 is 1.60 bits per heavy atom. The van der Waals surface area contributed by atoms with E-state index in [0.29, 0.717) is 23.7 Å². The van der Waals surface area contributed by atoms with Crippen molar-refractivity contribution >= 4 is 11.8 Å². The quantitative estimate of drug-likeness (QED) is 0.455. The zero-order chi connectivity index (χ0) is 21.3. The second-order valence-electron chi connectivity index (χ2n) is 6.94. The summed E-state index contributed by atoms with van der Waals surface area (Å²) in [5.74, 6) is -0.0767. The number of carboxylic acids is 1. The van der Waals surface area contributed by atoms with Crippen molar-refractivity contribution in [2.75, 3.05) is 0 Å². The molecule has 154 valence electrons. The van der Waals surface area contributed by atoms with E-state index in [1.54, 1.807) is 18.2 Å². The van der Waals surface area contributed by atoms with E-state index >= 15 is 0 Å². The fraction of sp³-hybridized carbons (Fsp3) is 0.200. The summed E-state index contributed by atoms with van der Waals surface area (Å²) >= 11 is 0. The molecule has 3 rings (SSSR count). The molecule has 0 saturated carbocycles. The molecule has 3 aromatic rings. The fourth-order valence-corrected chi connectivity index (χ4v) is 3.09. The molecule has 0 aliphatic carbocycles. The summed E-state index contributed by atoms with van der Waals surface area (Å²) in [5.41, 5.74) is 2.31. The van der Waals surface area contributed by atoms with Crippen molar-refractivity contribution in [2.24, 2.45) is 0 Å². The molecule has 3 aromatic carbocycles. The third-order valence-corrected chi connectivity index (χ3v) is 4.64. The van der Waals surface area contributed by atoms with Crippen molar-refractivity contribution in [1.29, 1.82) is 0 Å². The lowest BCUT2D eigenvalue weighted by atomic mass is 10.0. The number of carbonyl (C=O) groups is 2. The van der Waals surface area contributed by atoms with Gasteiger partial charge in [-0.2, -0.15) is 0 Å². The van der Waals surface area contributed by atoms with Crippen molar-refractivity contribution in [3.8, 4) is 11.5 Å². The first-order valence-electron chi connectivity index (χ1n) is 9.78. The molecule has 0 aliphatic heterocycles. The van der Waals surface area contributed by atoms with Gasteiger partial charge < -0.3 is 14.6 Å². The molecule has 1 unspecified atom stereocenters. The van der Waals surface area contributed by atoms with Crippen LogP contribution in [0.1, 0.15) is 47.4 Å². The first kappa shape index (κ1) is 21.1. The van der Waals surface area contributed by atoms with Gasteiger partial charge in [0, 0.05) is 12.5 Å². The predicted molar refractivity (Wildman–Crippen MR) is 114 cm³/mol. The fourth-order valence-electron chi connectivity index (χ4n) is 3.09. The molecule has 1 N–H and O–H groups in total. The molecule has 0 spiro atoms. The van der Waals surface area contributed by atoms with Crippen LogP contribution in [-0.4, -0.2) is 16.9 Å². The zero-order valence-corrected chi connectivity index (χ0v) is 16.8.